The number of carbonyl (C=O) groups excluding carboxylic acids is 1. The molecule has 4 aromatic carbocycles. The number of para-hydroxylation sites is 1. The van der Waals surface area contributed by atoms with Gasteiger partial charge in [-0.25, -0.2) is 13.4 Å². The molecule has 0 radical (unpaired) electrons. The molecule has 0 fully saturated rings. The number of anilines is 2. The molecule has 5 aromatic rings. The lowest BCUT2D eigenvalue weighted by molar-refractivity contribution is 0.103. The molecule has 2 N–H and O–H groups in total. The molecule has 0 atom stereocenters. The summed E-state index contributed by atoms with van der Waals surface area (Å²) >= 11 is 1.56. The monoisotopic (exact) mass is 457 g/mol. The van der Waals surface area contributed by atoms with E-state index in [0.717, 1.165) is 20.8 Å². The molecule has 0 spiro atoms. The number of benzene rings is 4. The predicted octanol–water partition coefficient (Wildman–Crippen LogP) is 5.48. The van der Waals surface area contributed by atoms with Gasteiger partial charge in [0.25, 0.3) is 15.9 Å². The van der Waals surface area contributed by atoms with Gasteiger partial charge >= 0.3 is 0 Å². The van der Waals surface area contributed by atoms with Crippen molar-refractivity contribution in [3.8, 4) is 10.6 Å². The zero-order valence-corrected chi connectivity index (χ0v) is 18.1. The number of sulfonamides is 1. The minimum Gasteiger partial charge on any atom is -0.321 e. The third-order valence-electron chi connectivity index (χ3n) is 5.44. The van der Waals surface area contributed by atoms with E-state index in [1.54, 1.807) is 53.8 Å². The fraction of sp³-hybridized carbons (Fsp3) is 0. The largest absolute Gasteiger partial charge is 0.321 e. The normalized spacial score (nSPS) is 12.9. The highest BCUT2D eigenvalue weighted by Crippen LogP contribution is 2.37. The Morgan fingerprint density at radius 2 is 1.75 bits per heavy atom. The zero-order chi connectivity index (χ0) is 21.9. The van der Waals surface area contributed by atoms with Crippen molar-refractivity contribution in [1.82, 2.24) is 4.98 Å². The van der Waals surface area contributed by atoms with Crippen molar-refractivity contribution in [3.05, 3.63) is 84.4 Å². The first kappa shape index (κ1) is 19.0. The van der Waals surface area contributed by atoms with E-state index in [9.17, 15) is 13.2 Å². The molecular formula is C24H15N3O3S2. The molecular weight excluding hydrogens is 442 g/mol. The van der Waals surface area contributed by atoms with Gasteiger partial charge in [-0.2, -0.15) is 0 Å². The van der Waals surface area contributed by atoms with Crippen molar-refractivity contribution in [2.24, 2.45) is 0 Å². The third-order valence-corrected chi connectivity index (χ3v) is 7.96. The Balaban J connectivity index is 1.40. The van der Waals surface area contributed by atoms with Crippen molar-refractivity contribution in [3.63, 3.8) is 0 Å². The van der Waals surface area contributed by atoms with Crippen LogP contribution in [0.3, 0.4) is 0 Å². The number of thiazole rings is 1. The number of fused-ring (bicyclic) bond motifs is 1. The summed E-state index contributed by atoms with van der Waals surface area (Å²) in [5, 5.41) is 4.73. The SMILES string of the molecule is O=C1Nc2ccc(S(=O)(=O)Nc3cccc(-c4nc5ccccc5s4)c3)c3cccc1c23. The number of aromatic nitrogens is 1. The van der Waals surface area contributed by atoms with Gasteiger partial charge in [0.15, 0.2) is 0 Å². The van der Waals surface area contributed by atoms with E-state index in [0.29, 0.717) is 27.7 Å². The number of rotatable bonds is 4. The summed E-state index contributed by atoms with van der Waals surface area (Å²) in [6.45, 7) is 0. The second-order valence-electron chi connectivity index (χ2n) is 7.47. The maximum atomic E-state index is 13.3. The topological polar surface area (TPSA) is 88.2 Å². The van der Waals surface area contributed by atoms with E-state index in [-0.39, 0.29) is 10.8 Å². The van der Waals surface area contributed by atoms with Gasteiger partial charge in [0.1, 0.15) is 5.01 Å². The Labute approximate surface area is 187 Å². The second kappa shape index (κ2) is 6.88. The molecule has 6 rings (SSSR count). The van der Waals surface area contributed by atoms with Crippen LogP contribution in [0.4, 0.5) is 11.4 Å². The molecule has 0 saturated carbocycles. The minimum atomic E-state index is -3.89. The van der Waals surface area contributed by atoms with Crippen LogP contribution >= 0.6 is 11.3 Å². The molecule has 1 aromatic heterocycles. The molecule has 1 aliphatic heterocycles. The van der Waals surface area contributed by atoms with Crippen LogP contribution in [0.15, 0.2) is 83.8 Å². The molecule has 0 saturated heterocycles. The fourth-order valence-electron chi connectivity index (χ4n) is 4.02. The quantitative estimate of drug-likeness (QED) is 0.374. The van der Waals surface area contributed by atoms with Gasteiger partial charge in [0.05, 0.1) is 15.1 Å². The van der Waals surface area contributed by atoms with Gasteiger partial charge in [0.2, 0.25) is 0 Å². The van der Waals surface area contributed by atoms with Crippen molar-refractivity contribution in [2.75, 3.05) is 10.0 Å². The van der Waals surface area contributed by atoms with Gasteiger partial charge in [-0.3, -0.25) is 9.52 Å². The first-order valence-corrected chi connectivity index (χ1v) is 12.2. The maximum Gasteiger partial charge on any atom is 0.262 e. The second-order valence-corrected chi connectivity index (χ2v) is 10.1. The molecule has 0 bridgehead atoms. The predicted molar refractivity (Wildman–Crippen MR) is 128 cm³/mol. The summed E-state index contributed by atoms with van der Waals surface area (Å²) in [4.78, 5) is 16.9. The summed E-state index contributed by atoms with van der Waals surface area (Å²) in [6, 6.07) is 23.3. The maximum absolute atomic E-state index is 13.3. The van der Waals surface area contributed by atoms with Crippen LogP contribution in [-0.4, -0.2) is 19.3 Å². The van der Waals surface area contributed by atoms with Crippen LogP contribution in [0.1, 0.15) is 10.4 Å². The molecule has 32 heavy (non-hydrogen) atoms. The summed E-state index contributed by atoms with van der Waals surface area (Å²) in [5.74, 6) is -0.225. The summed E-state index contributed by atoms with van der Waals surface area (Å²) in [7, 11) is -3.89. The van der Waals surface area contributed by atoms with Crippen molar-refractivity contribution < 1.29 is 13.2 Å². The lowest BCUT2D eigenvalue weighted by Crippen LogP contribution is -2.13. The summed E-state index contributed by atoms with van der Waals surface area (Å²) in [5.41, 5.74) is 3.29. The molecule has 0 unspecified atom stereocenters. The first-order chi connectivity index (χ1) is 15.5. The van der Waals surface area contributed by atoms with Crippen LogP contribution < -0.4 is 10.0 Å². The van der Waals surface area contributed by atoms with E-state index in [1.807, 2.05) is 30.3 Å². The Bertz CT molecular complexity index is 1640. The Hall–Kier alpha value is -3.75. The van der Waals surface area contributed by atoms with Gasteiger partial charge < -0.3 is 5.32 Å². The Kier molecular flexibility index (Phi) is 4.08. The Morgan fingerprint density at radius 1 is 0.906 bits per heavy atom. The van der Waals surface area contributed by atoms with Crippen LogP contribution in [0, 0.1) is 0 Å². The smallest absolute Gasteiger partial charge is 0.262 e. The molecule has 156 valence electrons. The Morgan fingerprint density at radius 3 is 2.62 bits per heavy atom. The van der Waals surface area contributed by atoms with Gasteiger partial charge in [-0.15, -0.1) is 11.3 Å². The van der Waals surface area contributed by atoms with Gasteiger partial charge in [0, 0.05) is 33.3 Å². The summed E-state index contributed by atoms with van der Waals surface area (Å²) < 4.78 is 30.4. The highest BCUT2D eigenvalue weighted by molar-refractivity contribution is 7.93. The highest BCUT2D eigenvalue weighted by Gasteiger charge is 2.26. The van der Waals surface area contributed by atoms with E-state index >= 15 is 0 Å². The average molecular weight is 458 g/mol. The van der Waals surface area contributed by atoms with E-state index < -0.39 is 10.0 Å². The fourth-order valence-corrected chi connectivity index (χ4v) is 6.23. The lowest BCUT2D eigenvalue weighted by atomic mass is 10.1. The zero-order valence-electron chi connectivity index (χ0n) is 16.5. The number of amides is 1. The minimum absolute atomic E-state index is 0.125. The van der Waals surface area contributed by atoms with Crippen molar-refractivity contribution >= 4 is 59.6 Å². The molecule has 1 amide bonds. The van der Waals surface area contributed by atoms with Crippen molar-refractivity contribution in [2.45, 2.75) is 4.90 Å². The third kappa shape index (κ3) is 2.96. The van der Waals surface area contributed by atoms with E-state index in [2.05, 4.69) is 15.0 Å². The number of hydrogen-bond donors (Lipinski definition) is 2. The van der Waals surface area contributed by atoms with Gasteiger partial charge in [-0.05, 0) is 42.5 Å². The van der Waals surface area contributed by atoms with E-state index in [1.165, 1.54) is 6.07 Å². The van der Waals surface area contributed by atoms with Crippen LogP contribution in [-0.2, 0) is 10.0 Å². The van der Waals surface area contributed by atoms with Crippen LogP contribution in [0.2, 0.25) is 0 Å². The molecule has 1 aliphatic rings. The number of nitrogens with zero attached hydrogens (tertiary/aromatic N) is 1. The number of carbonyl (C=O) groups is 1. The van der Waals surface area contributed by atoms with Gasteiger partial charge in [-0.1, -0.05) is 36.4 Å². The lowest BCUT2D eigenvalue weighted by Gasteiger charge is -2.12. The molecule has 8 heteroatoms. The molecule has 2 heterocycles. The van der Waals surface area contributed by atoms with Crippen LogP contribution in [0.5, 0.6) is 0 Å². The first-order valence-electron chi connectivity index (χ1n) is 9.85. The highest BCUT2D eigenvalue weighted by atomic mass is 32.2. The number of nitrogens with one attached hydrogen (secondary N) is 2. The summed E-state index contributed by atoms with van der Waals surface area (Å²) in [6.07, 6.45) is 0. The average Bonchev–Trinajstić information content (AvgIpc) is 3.36. The van der Waals surface area contributed by atoms with Crippen LogP contribution in [0.25, 0.3) is 31.6 Å². The standard InChI is InChI=1S/C24H15N3O3S2/c28-23-17-8-4-7-16-21(12-11-19(25-23)22(16)17)32(29,30)27-15-6-3-5-14(13-15)24-26-18-9-1-2-10-20(18)31-24/h1-13,27H,(H,25,28). The number of hydrogen-bond acceptors (Lipinski definition) is 5. The molecule has 0 aliphatic carbocycles. The van der Waals surface area contributed by atoms with Crippen molar-refractivity contribution in [1.29, 1.82) is 0 Å². The molecule has 6 nitrogen and oxygen atoms in total. The van der Waals surface area contributed by atoms with E-state index in [4.69, 9.17) is 0 Å².